The van der Waals surface area contributed by atoms with Gasteiger partial charge < -0.3 is 14.2 Å². The number of rotatable bonds is 9. The first-order valence-corrected chi connectivity index (χ1v) is 10.9. The number of thioether (sulfide) groups is 1. The molecule has 0 fully saturated rings. The number of amides is 1. The van der Waals surface area contributed by atoms with Crippen LogP contribution in [0.15, 0.2) is 59.8 Å². The van der Waals surface area contributed by atoms with E-state index in [0.29, 0.717) is 27.3 Å². The Morgan fingerprint density at radius 1 is 1.12 bits per heavy atom. The third-order valence-corrected chi connectivity index (χ3v) is 5.70. The van der Waals surface area contributed by atoms with E-state index in [4.69, 9.17) is 16.3 Å². The lowest BCUT2D eigenvalue weighted by Crippen LogP contribution is -2.39. The van der Waals surface area contributed by atoms with E-state index in [9.17, 15) is 18.0 Å². The highest BCUT2D eigenvalue weighted by Crippen LogP contribution is 2.25. The quantitative estimate of drug-likeness (QED) is 0.411. The van der Waals surface area contributed by atoms with Crippen molar-refractivity contribution in [2.75, 3.05) is 12.3 Å². The summed E-state index contributed by atoms with van der Waals surface area (Å²) in [5, 5.41) is 8.89. The summed E-state index contributed by atoms with van der Waals surface area (Å²) in [4.78, 5) is 13.4. The summed E-state index contributed by atoms with van der Waals surface area (Å²) in [6.45, 7) is -1.36. The largest absolute Gasteiger partial charge is 0.484 e. The van der Waals surface area contributed by atoms with Crippen molar-refractivity contribution in [2.24, 2.45) is 7.05 Å². The van der Waals surface area contributed by atoms with E-state index in [2.05, 4.69) is 10.2 Å². The maximum atomic E-state index is 13.0. The van der Waals surface area contributed by atoms with Crippen molar-refractivity contribution in [2.45, 2.75) is 24.5 Å². The lowest BCUT2D eigenvalue weighted by Gasteiger charge is -2.24. The van der Waals surface area contributed by atoms with E-state index in [1.807, 2.05) is 0 Å². The second-order valence-electron chi connectivity index (χ2n) is 6.82. The molecule has 0 N–H and O–H groups in total. The first kappa shape index (κ1) is 23.9. The van der Waals surface area contributed by atoms with Crippen molar-refractivity contribution < 1.29 is 22.7 Å². The first-order valence-electron chi connectivity index (χ1n) is 9.50. The monoisotopic (exact) mass is 484 g/mol. The number of carbonyl (C=O) groups excluding carboxylic acids is 1. The lowest BCUT2D eigenvalue weighted by atomic mass is 10.2. The number of para-hydroxylation sites is 1. The van der Waals surface area contributed by atoms with E-state index in [0.717, 1.165) is 16.7 Å². The van der Waals surface area contributed by atoms with Crippen LogP contribution in [-0.4, -0.2) is 44.0 Å². The molecule has 170 valence electrons. The molecule has 0 aliphatic heterocycles. The topological polar surface area (TPSA) is 60.2 Å². The molecule has 32 heavy (non-hydrogen) atoms. The van der Waals surface area contributed by atoms with Gasteiger partial charge in [-0.3, -0.25) is 4.79 Å². The number of halogens is 4. The fourth-order valence-electron chi connectivity index (χ4n) is 2.77. The molecule has 0 aliphatic carbocycles. The number of carbonyl (C=O) groups is 1. The summed E-state index contributed by atoms with van der Waals surface area (Å²) >= 11 is 7.07. The van der Waals surface area contributed by atoms with E-state index in [1.54, 1.807) is 66.2 Å². The van der Waals surface area contributed by atoms with Crippen LogP contribution >= 0.6 is 23.4 Å². The van der Waals surface area contributed by atoms with Crippen LogP contribution in [-0.2, 0) is 25.0 Å². The van der Waals surface area contributed by atoms with Gasteiger partial charge in [0, 0.05) is 13.6 Å². The van der Waals surface area contributed by atoms with Crippen LogP contribution < -0.4 is 4.74 Å². The molecule has 1 aromatic heterocycles. The molecule has 0 spiro atoms. The summed E-state index contributed by atoms with van der Waals surface area (Å²) in [6, 6.07) is 15.5. The van der Waals surface area contributed by atoms with Crippen molar-refractivity contribution in [3.8, 4) is 5.75 Å². The first-order chi connectivity index (χ1) is 15.2. The van der Waals surface area contributed by atoms with Crippen molar-refractivity contribution in [1.29, 1.82) is 0 Å². The highest BCUT2D eigenvalue weighted by molar-refractivity contribution is 7.99. The minimum Gasteiger partial charge on any atom is -0.484 e. The Balaban J connectivity index is 1.61. The molecule has 2 aromatic carbocycles. The van der Waals surface area contributed by atoms with Crippen molar-refractivity contribution in [3.63, 3.8) is 0 Å². The minimum atomic E-state index is -4.50. The van der Waals surface area contributed by atoms with Crippen LogP contribution in [0.3, 0.4) is 0 Å². The molecule has 0 radical (unpaired) electrons. The average Bonchev–Trinajstić information content (AvgIpc) is 3.10. The summed E-state index contributed by atoms with van der Waals surface area (Å²) < 4.78 is 46.3. The van der Waals surface area contributed by atoms with Crippen molar-refractivity contribution in [1.82, 2.24) is 19.7 Å². The maximum Gasteiger partial charge on any atom is 0.406 e. The lowest BCUT2D eigenvalue weighted by molar-refractivity contribution is -0.160. The second-order valence-corrected chi connectivity index (χ2v) is 8.17. The number of benzene rings is 2. The van der Waals surface area contributed by atoms with E-state index in [-0.39, 0.29) is 18.9 Å². The molecule has 6 nitrogen and oxygen atoms in total. The van der Waals surface area contributed by atoms with Gasteiger partial charge in [0.05, 0.1) is 10.8 Å². The predicted molar refractivity (Wildman–Crippen MR) is 115 cm³/mol. The van der Waals surface area contributed by atoms with Gasteiger partial charge in [0.2, 0.25) is 5.91 Å². The van der Waals surface area contributed by atoms with Gasteiger partial charge in [-0.15, -0.1) is 10.2 Å². The van der Waals surface area contributed by atoms with Gasteiger partial charge in [-0.25, -0.2) is 0 Å². The van der Waals surface area contributed by atoms with E-state index >= 15 is 0 Å². The molecule has 3 aromatic rings. The van der Waals surface area contributed by atoms with Gasteiger partial charge in [-0.1, -0.05) is 65.8 Å². The van der Waals surface area contributed by atoms with Gasteiger partial charge in [0.1, 0.15) is 18.9 Å². The third kappa shape index (κ3) is 6.89. The number of hydrogen-bond acceptors (Lipinski definition) is 5. The molecule has 1 heterocycles. The van der Waals surface area contributed by atoms with Crippen LogP contribution in [0, 0.1) is 0 Å². The Labute approximate surface area is 192 Å². The Morgan fingerprint density at radius 3 is 2.50 bits per heavy atom. The molecule has 3 rings (SSSR count). The fourth-order valence-corrected chi connectivity index (χ4v) is 3.79. The molecule has 0 atom stereocenters. The zero-order valence-corrected chi connectivity index (χ0v) is 18.6. The highest BCUT2D eigenvalue weighted by atomic mass is 35.5. The van der Waals surface area contributed by atoms with Crippen molar-refractivity contribution >= 4 is 29.3 Å². The molecular formula is C21H20ClF3N4O2S. The number of alkyl halides is 3. The summed E-state index contributed by atoms with van der Waals surface area (Å²) in [6.07, 6.45) is -4.50. The SMILES string of the molecule is Cn1c(COc2ccccc2Cl)nnc1SCC(=O)N(Cc1ccccc1)CC(F)(F)F. The van der Waals surface area contributed by atoms with Gasteiger partial charge in [-0.05, 0) is 17.7 Å². The standard InChI is InChI=1S/C21H20ClF3N4O2S/c1-28-18(12-31-17-10-6-5-9-16(17)22)26-27-20(28)32-13-19(30)29(14-21(23,24)25)11-15-7-3-2-4-8-15/h2-10H,11-14H2,1H3. The Morgan fingerprint density at radius 2 is 1.81 bits per heavy atom. The van der Waals surface area contributed by atoms with Crippen LogP contribution in [0.4, 0.5) is 13.2 Å². The molecule has 1 amide bonds. The second kappa shape index (κ2) is 10.7. The molecule has 11 heteroatoms. The Bertz CT molecular complexity index is 1050. The summed E-state index contributed by atoms with van der Waals surface area (Å²) in [7, 11) is 1.69. The zero-order chi connectivity index (χ0) is 23.1. The smallest absolute Gasteiger partial charge is 0.406 e. The van der Waals surface area contributed by atoms with Gasteiger partial charge >= 0.3 is 6.18 Å². The molecule has 0 aliphatic rings. The number of nitrogens with zero attached hydrogens (tertiary/aromatic N) is 4. The average molecular weight is 485 g/mol. The Hall–Kier alpha value is -2.72. The predicted octanol–water partition coefficient (Wildman–Crippen LogP) is 4.73. The zero-order valence-electron chi connectivity index (χ0n) is 17.1. The van der Waals surface area contributed by atoms with Crippen LogP contribution in [0.2, 0.25) is 5.02 Å². The summed E-state index contributed by atoms with van der Waals surface area (Å²) in [5.74, 6) is 0.120. The Kier molecular flexibility index (Phi) is 8.03. The fraction of sp³-hybridized carbons (Fsp3) is 0.286. The maximum absolute atomic E-state index is 13.0. The molecule has 0 bridgehead atoms. The van der Waals surface area contributed by atoms with Gasteiger partial charge in [-0.2, -0.15) is 13.2 Å². The number of aromatic nitrogens is 3. The third-order valence-electron chi connectivity index (χ3n) is 4.38. The molecule has 0 saturated carbocycles. The van der Waals surface area contributed by atoms with Crippen LogP contribution in [0.5, 0.6) is 5.75 Å². The van der Waals surface area contributed by atoms with E-state index in [1.165, 1.54) is 0 Å². The number of hydrogen-bond donors (Lipinski definition) is 0. The normalized spacial score (nSPS) is 11.4. The molecular weight excluding hydrogens is 465 g/mol. The van der Waals surface area contributed by atoms with E-state index < -0.39 is 18.6 Å². The highest BCUT2D eigenvalue weighted by Gasteiger charge is 2.33. The van der Waals surface area contributed by atoms with Crippen molar-refractivity contribution in [3.05, 3.63) is 71.0 Å². The molecule has 0 unspecified atom stereocenters. The molecule has 0 saturated heterocycles. The van der Waals surface area contributed by atoms with Gasteiger partial charge in [0.25, 0.3) is 0 Å². The van der Waals surface area contributed by atoms with Gasteiger partial charge in [0.15, 0.2) is 11.0 Å². The van der Waals surface area contributed by atoms with Crippen LogP contribution in [0.25, 0.3) is 0 Å². The summed E-state index contributed by atoms with van der Waals surface area (Å²) in [5.41, 5.74) is 0.618. The number of ether oxygens (including phenoxy) is 1. The van der Waals surface area contributed by atoms with Crippen LogP contribution in [0.1, 0.15) is 11.4 Å². The minimum absolute atomic E-state index is 0.0932.